The van der Waals surface area contributed by atoms with Gasteiger partial charge >= 0.3 is 5.69 Å². The first-order valence-electron chi connectivity index (χ1n) is 23.3. The molecule has 0 radical (unpaired) electrons. The van der Waals surface area contributed by atoms with Crippen LogP contribution in [0.2, 0.25) is 10.0 Å². The minimum atomic E-state index is -1.35. The number of aryl methyl sites for hydroxylation is 1. The van der Waals surface area contributed by atoms with Gasteiger partial charge in [0, 0.05) is 73.4 Å². The molecule has 4 saturated heterocycles. The number of ketones is 1. The molecule has 6 heterocycles. The monoisotopic (exact) mass is 941 g/mol. The summed E-state index contributed by atoms with van der Waals surface area (Å²) in [6.45, 7) is 3.48. The fraction of sp³-hybridized carbons (Fsp3) is 0.510. The van der Waals surface area contributed by atoms with Gasteiger partial charge in [-0.2, -0.15) is 0 Å². The van der Waals surface area contributed by atoms with Gasteiger partial charge in [-0.05, 0) is 130 Å². The molecule has 1 unspecified atom stereocenters. The molecule has 1 aliphatic carbocycles. The molecule has 4 N–H and O–H groups in total. The number of nitrogens with one attached hydrogen (secondary N) is 4. The molecule has 14 nitrogen and oxygen atoms in total. The summed E-state index contributed by atoms with van der Waals surface area (Å²) in [5.74, 6) is -2.28. The molecule has 17 heteroatoms. The lowest BCUT2D eigenvalue weighted by molar-refractivity contribution is -0.136. The Balaban J connectivity index is 0.765. The second kappa shape index (κ2) is 17.6. The van der Waals surface area contributed by atoms with Crippen LogP contribution in [0.25, 0.3) is 11.0 Å². The van der Waals surface area contributed by atoms with Crippen molar-refractivity contribution in [2.24, 2.45) is 18.9 Å². The lowest BCUT2D eigenvalue weighted by Gasteiger charge is -2.46. The van der Waals surface area contributed by atoms with Gasteiger partial charge in [0.15, 0.2) is 5.78 Å². The quantitative estimate of drug-likeness (QED) is 0.118. The number of nitrogens with zero attached hydrogens (tertiary/aromatic N) is 3. The number of imide groups is 1. The van der Waals surface area contributed by atoms with E-state index in [1.54, 1.807) is 49.5 Å². The van der Waals surface area contributed by atoms with Crippen LogP contribution in [0.4, 0.5) is 10.1 Å². The van der Waals surface area contributed by atoms with Crippen LogP contribution in [-0.4, -0.2) is 93.9 Å². The first-order chi connectivity index (χ1) is 31.8. The maximum Gasteiger partial charge on any atom is 0.329 e. The van der Waals surface area contributed by atoms with Crippen molar-refractivity contribution in [2.45, 2.75) is 106 Å². The molecule has 5 fully saturated rings. The van der Waals surface area contributed by atoms with Gasteiger partial charge in [0.2, 0.25) is 23.6 Å². The Morgan fingerprint density at radius 1 is 0.879 bits per heavy atom. The molecule has 10 rings (SSSR count). The number of aromatic nitrogens is 2. The minimum Gasteiger partial charge on any atom is -0.381 e. The summed E-state index contributed by atoms with van der Waals surface area (Å²) in [5.41, 5.74) is 0.448. The van der Waals surface area contributed by atoms with Crippen LogP contribution >= 0.6 is 23.2 Å². The van der Waals surface area contributed by atoms with Crippen LogP contribution in [0, 0.1) is 17.7 Å². The van der Waals surface area contributed by atoms with E-state index in [0.29, 0.717) is 71.3 Å². The highest BCUT2D eigenvalue weighted by atomic mass is 35.5. The lowest BCUT2D eigenvalue weighted by Crippen LogP contribution is -2.62. The van der Waals surface area contributed by atoms with E-state index in [1.165, 1.54) is 15.2 Å². The van der Waals surface area contributed by atoms with Crippen LogP contribution in [0.1, 0.15) is 104 Å². The number of imidazole rings is 1. The van der Waals surface area contributed by atoms with Gasteiger partial charge in [-0.3, -0.25) is 43.7 Å². The van der Waals surface area contributed by atoms with E-state index in [1.807, 2.05) is 6.07 Å². The van der Waals surface area contributed by atoms with Gasteiger partial charge in [-0.15, -0.1) is 0 Å². The van der Waals surface area contributed by atoms with Crippen LogP contribution in [0.5, 0.6) is 0 Å². The van der Waals surface area contributed by atoms with Crippen molar-refractivity contribution >= 4 is 69.3 Å². The zero-order valence-electron chi connectivity index (χ0n) is 36.8. The molecule has 0 bridgehead atoms. The van der Waals surface area contributed by atoms with Gasteiger partial charge in [-0.25, -0.2) is 9.18 Å². The molecule has 2 spiro atoms. The van der Waals surface area contributed by atoms with E-state index < -0.39 is 40.7 Å². The Labute approximate surface area is 391 Å². The summed E-state index contributed by atoms with van der Waals surface area (Å²) >= 11 is 12.8. The topological polar surface area (TPSA) is 173 Å². The standard InChI is InChI=1S/C49H54Cl2FN7O7/c1-57-38-24-29(7-12-36(38)59(47(57)65)37-13-14-40(61)55-44(37)62)39(60)23-27-15-19-58(20-16-27)26-28-5-9-31(10-6-28)53-45(63)43-41(32-3-2-4-34(51)42(32)52)49(48(56-43)17-21-66-22-18-48)33-11-8-30(50)25-35(33)54-46(49)64/h2-4,7-8,11-12,24-25,27-28,31,37,41,43,56H,5-6,9-10,13-23,26H2,1H3,(H,53,63)(H,54,64)(H,55,61,62)/t28?,31?,37?,41-,43+,49+/m0/s1. The van der Waals surface area contributed by atoms with Gasteiger partial charge in [0.25, 0.3) is 0 Å². The average Bonchev–Trinajstić information content (AvgIpc) is 3.86. The number of hydrogen-bond donors (Lipinski definition) is 4. The molecule has 4 aromatic rings. The van der Waals surface area contributed by atoms with Crippen molar-refractivity contribution in [1.29, 1.82) is 0 Å². The molecular formula is C49H54Cl2FN7O7. The average molecular weight is 943 g/mol. The second-order valence-corrected chi connectivity index (χ2v) is 20.2. The van der Waals surface area contributed by atoms with Crippen LogP contribution in [0.15, 0.2) is 59.4 Å². The highest BCUT2D eigenvalue weighted by molar-refractivity contribution is 6.31. The summed E-state index contributed by atoms with van der Waals surface area (Å²) in [5, 5.41) is 12.8. The number of carbonyl (C=O) groups excluding carboxylic acids is 5. The molecule has 4 atom stereocenters. The third-order valence-corrected chi connectivity index (χ3v) is 16.3. The second-order valence-electron chi connectivity index (χ2n) is 19.4. The lowest BCUT2D eigenvalue weighted by atomic mass is 9.57. The van der Waals surface area contributed by atoms with E-state index in [-0.39, 0.29) is 64.6 Å². The predicted octanol–water partition coefficient (Wildman–Crippen LogP) is 5.92. The highest BCUT2D eigenvalue weighted by Gasteiger charge is 2.72. The summed E-state index contributed by atoms with van der Waals surface area (Å²) in [7, 11) is 1.63. The molecule has 66 heavy (non-hydrogen) atoms. The molecule has 1 saturated carbocycles. The Bertz CT molecular complexity index is 2700. The molecule has 4 amide bonds. The van der Waals surface area contributed by atoms with E-state index in [0.717, 1.165) is 58.2 Å². The summed E-state index contributed by atoms with van der Waals surface area (Å²) in [6.07, 6.45) is 6.95. The van der Waals surface area contributed by atoms with Crippen molar-refractivity contribution in [3.63, 3.8) is 0 Å². The van der Waals surface area contributed by atoms with Crippen LogP contribution in [0.3, 0.4) is 0 Å². The minimum absolute atomic E-state index is 0.0214. The van der Waals surface area contributed by atoms with E-state index in [4.69, 9.17) is 27.9 Å². The van der Waals surface area contributed by atoms with Gasteiger partial charge < -0.3 is 20.3 Å². The van der Waals surface area contributed by atoms with Gasteiger partial charge in [0.1, 0.15) is 17.3 Å². The van der Waals surface area contributed by atoms with Crippen LogP contribution < -0.4 is 27.0 Å². The summed E-state index contributed by atoms with van der Waals surface area (Å²) in [4.78, 5) is 83.0. The maximum atomic E-state index is 16.3. The zero-order valence-corrected chi connectivity index (χ0v) is 38.3. The molecule has 348 valence electrons. The summed E-state index contributed by atoms with van der Waals surface area (Å²) in [6, 6.07) is 13.4. The Morgan fingerprint density at radius 3 is 2.38 bits per heavy atom. The number of hydrogen-bond acceptors (Lipinski definition) is 9. The number of Topliss-reactive ketones (excluding diaryl/α,β-unsaturated/α-hetero) is 1. The van der Waals surface area contributed by atoms with Gasteiger partial charge in [0.05, 0.1) is 22.1 Å². The molecule has 6 aliphatic rings. The van der Waals surface area contributed by atoms with Crippen molar-refractivity contribution in [1.82, 2.24) is 30.0 Å². The number of piperidine rings is 2. The number of amides is 4. The maximum absolute atomic E-state index is 16.3. The predicted molar refractivity (Wildman–Crippen MR) is 246 cm³/mol. The Kier molecular flexibility index (Phi) is 12.0. The van der Waals surface area contributed by atoms with Crippen molar-refractivity contribution in [3.8, 4) is 0 Å². The third kappa shape index (κ3) is 7.58. The molecular weight excluding hydrogens is 888 g/mol. The number of ether oxygens (including phenoxy) is 1. The van der Waals surface area contributed by atoms with Crippen molar-refractivity contribution in [3.05, 3.63) is 97.6 Å². The number of rotatable bonds is 9. The fourth-order valence-electron chi connectivity index (χ4n) is 12.4. The normalized spacial score (nSPS) is 27.9. The number of halogens is 3. The fourth-order valence-corrected chi connectivity index (χ4v) is 12.8. The number of fused-ring (bicyclic) bond motifs is 4. The Hall–Kier alpha value is -4.93. The Morgan fingerprint density at radius 2 is 1.64 bits per heavy atom. The van der Waals surface area contributed by atoms with E-state index >= 15 is 4.39 Å². The molecule has 3 aromatic carbocycles. The first-order valence-corrected chi connectivity index (χ1v) is 24.0. The molecule has 5 aliphatic heterocycles. The largest absolute Gasteiger partial charge is 0.381 e. The first kappa shape index (κ1) is 44.9. The number of likely N-dealkylation sites (tertiary alicyclic amines) is 1. The van der Waals surface area contributed by atoms with E-state index in [9.17, 15) is 28.8 Å². The van der Waals surface area contributed by atoms with Crippen molar-refractivity contribution < 1.29 is 33.1 Å². The van der Waals surface area contributed by atoms with E-state index in [2.05, 4.69) is 26.2 Å². The summed E-state index contributed by atoms with van der Waals surface area (Å²) < 4.78 is 25.0. The molecule has 1 aromatic heterocycles. The highest BCUT2D eigenvalue weighted by Crippen LogP contribution is 2.62. The number of carbonyl (C=O) groups is 5. The number of anilines is 1. The SMILES string of the molecule is Cn1c(=O)n(C2CCC(=O)NC2=O)c2ccc(C(=O)CC3CCN(CC4CCC(NC(=O)[C@@H]5NC6(CCOCC6)[C@@]6(C(=O)Nc7cc(Cl)ccc76)[C@H]5c5cccc(Cl)c5F)CC4)CC3)cc21. The van der Waals surface area contributed by atoms with Crippen molar-refractivity contribution in [2.75, 3.05) is 38.2 Å². The smallest absolute Gasteiger partial charge is 0.329 e. The van der Waals surface area contributed by atoms with Gasteiger partial charge in [-0.1, -0.05) is 41.4 Å². The zero-order chi connectivity index (χ0) is 46.1. The number of benzene rings is 3. The third-order valence-electron chi connectivity index (χ3n) is 15.8. The van der Waals surface area contributed by atoms with Crippen LogP contribution in [-0.2, 0) is 36.4 Å².